The highest BCUT2D eigenvalue weighted by Crippen LogP contribution is 2.31. The molecule has 1 saturated carbocycles. The third-order valence-electron chi connectivity index (χ3n) is 4.49. The molecule has 2 fully saturated rings. The van der Waals surface area contributed by atoms with E-state index < -0.39 is 0 Å². The lowest BCUT2D eigenvalue weighted by Gasteiger charge is -2.18. The van der Waals surface area contributed by atoms with Gasteiger partial charge in [-0.25, -0.2) is 0 Å². The fraction of sp³-hybridized carbons (Fsp3) is 0.471. The molecule has 1 aromatic carbocycles. The minimum absolute atomic E-state index is 0.584. The van der Waals surface area contributed by atoms with Crippen LogP contribution in [0.25, 0.3) is 10.9 Å². The van der Waals surface area contributed by atoms with Gasteiger partial charge in [-0.15, -0.1) is 0 Å². The zero-order valence-corrected chi connectivity index (χ0v) is 12.0. The van der Waals surface area contributed by atoms with Crippen molar-refractivity contribution in [2.75, 3.05) is 18.4 Å². The van der Waals surface area contributed by atoms with Crippen molar-refractivity contribution in [2.45, 2.75) is 38.3 Å². The second-order valence-electron chi connectivity index (χ2n) is 6.18. The Bertz CT molecular complexity index is 633. The van der Waals surface area contributed by atoms with Crippen LogP contribution in [0.5, 0.6) is 0 Å². The highest BCUT2D eigenvalue weighted by Gasteiger charge is 2.34. The fourth-order valence-electron chi connectivity index (χ4n) is 3.32. The van der Waals surface area contributed by atoms with Crippen LogP contribution in [-0.4, -0.2) is 35.1 Å². The number of fused-ring (bicyclic) bond motifs is 1. The van der Waals surface area contributed by atoms with E-state index in [1.54, 1.807) is 0 Å². The van der Waals surface area contributed by atoms with Crippen LogP contribution in [0.4, 0.5) is 5.69 Å². The Balaban J connectivity index is 1.59. The summed E-state index contributed by atoms with van der Waals surface area (Å²) in [6.45, 7) is 4.52. The van der Waals surface area contributed by atoms with E-state index in [0.29, 0.717) is 6.04 Å². The van der Waals surface area contributed by atoms with Crippen LogP contribution in [0.1, 0.15) is 25.0 Å². The summed E-state index contributed by atoms with van der Waals surface area (Å²) in [6, 6.07) is 12.1. The van der Waals surface area contributed by atoms with Crippen LogP contribution in [0.2, 0.25) is 0 Å². The lowest BCUT2D eigenvalue weighted by atomic mass is 10.1. The van der Waals surface area contributed by atoms with Gasteiger partial charge in [0.25, 0.3) is 0 Å². The molecule has 104 valence electrons. The predicted octanol–water partition coefficient (Wildman–Crippen LogP) is 3.19. The molecule has 0 amide bonds. The molecule has 2 aromatic rings. The van der Waals surface area contributed by atoms with Crippen molar-refractivity contribution < 1.29 is 0 Å². The second-order valence-corrected chi connectivity index (χ2v) is 6.18. The van der Waals surface area contributed by atoms with Crippen molar-refractivity contribution in [1.82, 2.24) is 9.88 Å². The Morgan fingerprint density at radius 3 is 2.90 bits per heavy atom. The molecule has 1 N–H and O–H groups in total. The van der Waals surface area contributed by atoms with Crippen LogP contribution in [0.15, 0.2) is 30.3 Å². The number of rotatable bonds is 3. The quantitative estimate of drug-likeness (QED) is 0.925. The highest BCUT2D eigenvalue weighted by molar-refractivity contribution is 5.91. The summed E-state index contributed by atoms with van der Waals surface area (Å²) in [4.78, 5) is 7.26. The monoisotopic (exact) mass is 267 g/mol. The third-order valence-corrected chi connectivity index (χ3v) is 4.49. The van der Waals surface area contributed by atoms with E-state index in [1.807, 2.05) is 0 Å². The highest BCUT2D eigenvalue weighted by atomic mass is 15.2. The van der Waals surface area contributed by atoms with Gasteiger partial charge in [-0.1, -0.05) is 18.2 Å². The van der Waals surface area contributed by atoms with E-state index >= 15 is 0 Å². The van der Waals surface area contributed by atoms with Crippen LogP contribution in [0, 0.1) is 6.92 Å². The summed E-state index contributed by atoms with van der Waals surface area (Å²) in [5, 5.41) is 4.99. The lowest BCUT2D eigenvalue weighted by Crippen LogP contribution is -2.27. The first-order chi connectivity index (χ1) is 9.79. The zero-order valence-electron chi connectivity index (χ0n) is 12.0. The van der Waals surface area contributed by atoms with Crippen molar-refractivity contribution in [2.24, 2.45) is 0 Å². The molecular weight excluding hydrogens is 246 g/mol. The number of hydrogen-bond donors (Lipinski definition) is 1. The summed E-state index contributed by atoms with van der Waals surface area (Å²) in [6.07, 6.45) is 4.07. The number of para-hydroxylation sites is 1. The number of benzene rings is 1. The van der Waals surface area contributed by atoms with Crippen molar-refractivity contribution in [1.29, 1.82) is 0 Å². The van der Waals surface area contributed by atoms with Gasteiger partial charge in [0.1, 0.15) is 0 Å². The van der Waals surface area contributed by atoms with Gasteiger partial charge in [0.2, 0.25) is 0 Å². The van der Waals surface area contributed by atoms with Gasteiger partial charge in [0, 0.05) is 41.9 Å². The molecule has 1 saturated heterocycles. The number of anilines is 1. The fourth-order valence-corrected chi connectivity index (χ4v) is 3.32. The largest absolute Gasteiger partial charge is 0.380 e. The number of likely N-dealkylation sites (tertiary alicyclic amines) is 1. The maximum absolute atomic E-state index is 4.61. The average molecular weight is 267 g/mol. The Morgan fingerprint density at radius 1 is 1.20 bits per heavy atom. The van der Waals surface area contributed by atoms with E-state index in [-0.39, 0.29) is 0 Å². The van der Waals surface area contributed by atoms with Gasteiger partial charge in [-0.2, -0.15) is 0 Å². The average Bonchev–Trinajstić information content (AvgIpc) is 3.19. The first kappa shape index (κ1) is 12.2. The summed E-state index contributed by atoms with van der Waals surface area (Å²) in [5.41, 5.74) is 3.42. The molecule has 0 radical (unpaired) electrons. The van der Waals surface area contributed by atoms with Gasteiger partial charge in [-0.3, -0.25) is 9.88 Å². The number of aromatic nitrogens is 1. The standard InChI is InChI=1S/C17H21N3/c1-12-10-17(15-4-2-3-5-16(15)18-12)19-13-8-9-20(11-13)14-6-7-14/h2-5,10,13-14H,6-9,11H2,1H3,(H,18,19). The van der Waals surface area contributed by atoms with Crippen molar-refractivity contribution in [3.63, 3.8) is 0 Å². The molecule has 2 heterocycles. The van der Waals surface area contributed by atoms with Gasteiger partial charge >= 0.3 is 0 Å². The van der Waals surface area contributed by atoms with Crippen LogP contribution in [-0.2, 0) is 0 Å². The number of aryl methyl sites for hydroxylation is 1. The molecular formula is C17H21N3. The normalized spacial score (nSPS) is 23.4. The number of nitrogens with zero attached hydrogens (tertiary/aromatic N) is 2. The molecule has 1 aromatic heterocycles. The third kappa shape index (κ3) is 2.27. The van der Waals surface area contributed by atoms with E-state index in [2.05, 4.69) is 52.5 Å². The predicted molar refractivity (Wildman–Crippen MR) is 83.1 cm³/mol. The SMILES string of the molecule is Cc1cc(NC2CCN(C3CC3)C2)c2ccccc2n1. The maximum Gasteiger partial charge on any atom is 0.0725 e. The topological polar surface area (TPSA) is 28.2 Å². The van der Waals surface area contributed by atoms with Gasteiger partial charge in [0.05, 0.1) is 5.52 Å². The summed E-state index contributed by atoms with van der Waals surface area (Å²) in [7, 11) is 0. The molecule has 3 heteroatoms. The molecule has 0 bridgehead atoms. The van der Waals surface area contributed by atoms with Crippen molar-refractivity contribution >= 4 is 16.6 Å². The molecule has 4 rings (SSSR count). The molecule has 1 aliphatic carbocycles. The van der Waals surface area contributed by atoms with E-state index in [1.165, 1.54) is 43.4 Å². The van der Waals surface area contributed by atoms with Crippen LogP contribution < -0.4 is 5.32 Å². The summed E-state index contributed by atoms with van der Waals surface area (Å²) >= 11 is 0. The molecule has 2 aliphatic rings. The minimum atomic E-state index is 0.584. The van der Waals surface area contributed by atoms with Gasteiger partial charge in [-0.05, 0) is 38.3 Å². The minimum Gasteiger partial charge on any atom is -0.380 e. The van der Waals surface area contributed by atoms with Gasteiger partial charge in [0.15, 0.2) is 0 Å². The Hall–Kier alpha value is -1.61. The van der Waals surface area contributed by atoms with E-state index in [4.69, 9.17) is 0 Å². The van der Waals surface area contributed by atoms with Gasteiger partial charge < -0.3 is 5.32 Å². The summed E-state index contributed by atoms with van der Waals surface area (Å²) < 4.78 is 0. The molecule has 1 atom stereocenters. The first-order valence-corrected chi connectivity index (χ1v) is 7.66. The zero-order chi connectivity index (χ0) is 13.5. The van der Waals surface area contributed by atoms with Crippen molar-refractivity contribution in [3.05, 3.63) is 36.0 Å². The molecule has 20 heavy (non-hydrogen) atoms. The Morgan fingerprint density at radius 2 is 2.05 bits per heavy atom. The molecule has 0 spiro atoms. The number of pyridine rings is 1. The molecule has 1 aliphatic heterocycles. The summed E-state index contributed by atoms with van der Waals surface area (Å²) in [5.74, 6) is 0. The first-order valence-electron chi connectivity index (χ1n) is 7.66. The maximum atomic E-state index is 4.61. The molecule has 3 nitrogen and oxygen atoms in total. The smallest absolute Gasteiger partial charge is 0.0725 e. The second kappa shape index (κ2) is 4.74. The van der Waals surface area contributed by atoms with Crippen LogP contribution >= 0.6 is 0 Å². The number of hydrogen-bond acceptors (Lipinski definition) is 3. The van der Waals surface area contributed by atoms with Crippen molar-refractivity contribution in [3.8, 4) is 0 Å². The number of nitrogens with one attached hydrogen (secondary N) is 1. The van der Waals surface area contributed by atoms with Crippen LogP contribution in [0.3, 0.4) is 0 Å². The Labute approximate surface area is 120 Å². The molecule has 1 unspecified atom stereocenters. The lowest BCUT2D eigenvalue weighted by molar-refractivity contribution is 0.326. The Kier molecular flexibility index (Phi) is 2.88. The van der Waals surface area contributed by atoms with E-state index in [9.17, 15) is 0 Å². The van der Waals surface area contributed by atoms with E-state index in [0.717, 1.165) is 17.3 Å².